The molecule has 3 N–H and O–H groups in total. The molecule has 1 aromatic heterocycles. The van der Waals surface area contributed by atoms with E-state index in [1.807, 2.05) is 13.8 Å². The van der Waals surface area contributed by atoms with Gasteiger partial charge in [-0.05, 0) is 32.4 Å². The molecule has 0 bridgehead atoms. The third kappa shape index (κ3) is 2.56. The predicted octanol–water partition coefficient (Wildman–Crippen LogP) is 1.99. The van der Waals surface area contributed by atoms with E-state index >= 15 is 0 Å². The SMILES string of the molecule is CCN(C(=O)c1c(N)c(C)nn1C)c1cc(O)ccc1C. The van der Waals surface area contributed by atoms with Crippen molar-refractivity contribution < 1.29 is 9.90 Å². The molecule has 0 spiro atoms. The summed E-state index contributed by atoms with van der Waals surface area (Å²) in [5, 5.41) is 13.8. The van der Waals surface area contributed by atoms with E-state index in [2.05, 4.69) is 5.10 Å². The summed E-state index contributed by atoms with van der Waals surface area (Å²) in [6.07, 6.45) is 0. The fourth-order valence-corrected chi connectivity index (χ4v) is 2.37. The molecule has 0 atom stereocenters. The van der Waals surface area contributed by atoms with Crippen molar-refractivity contribution in [2.75, 3.05) is 17.2 Å². The molecule has 0 saturated heterocycles. The molecule has 112 valence electrons. The minimum absolute atomic E-state index is 0.121. The fraction of sp³-hybridized carbons (Fsp3) is 0.333. The number of benzene rings is 1. The van der Waals surface area contributed by atoms with Gasteiger partial charge >= 0.3 is 0 Å². The second kappa shape index (κ2) is 5.47. The van der Waals surface area contributed by atoms with Crippen LogP contribution in [-0.4, -0.2) is 27.3 Å². The Hall–Kier alpha value is -2.50. The van der Waals surface area contributed by atoms with Gasteiger partial charge in [0.2, 0.25) is 0 Å². The first-order valence-corrected chi connectivity index (χ1v) is 6.77. The second-order valence-corrected chi connectivity index (χ2v) is 4.99. The summed E-state index contributed by atoms with van der Waals surface area (Å²) in [6.45, 7) is 6.00. The van der Waals surface area contributed by atoms with Crippen molar-refractivity contribution in [1.29, 1.82) is 0 Å². The van der Waals surface area contributed by atoms with Gasteiger partial charge in [0, 0.05) is 19.7 Å². The van der Waals surface area contributed by atoms with Crippen LogP contribution in [0.3, 0.4) is 0 Å². The number of carbonyl (C=O) groups excluding carboxylic acids is 1. The molecular formula is C15H20N4O2. The number of rotatable bonds is 3. The molecule has 0 unspecified atom stereocenters. The van der Waals surface area contributed by atoms with Gasteiger partial charge in [0.15, 0.2) is 0 Å². The monoisotopic (exact) mass is 288 g/mol. The largest absolute Gasteiger partial charge is 0.508 e. The van der Waals surface area contributed by atoms with Crippen molar-refractivity contribution in [3.05, 3.63) is 35.2 Å². The van der Waals surface area contributed by atoms with Gasteiger partial charge in [0.25, 0.3) is 5.91 Å². The average Bonchev–Trinajstić information content (AvgIpc) is 2.68. The molecule has 0 fully saturated rings. The Morgan fingerprint density at radius 3 is 2.62 bits per heavy atom. The molecular weight excluding hydrogens is 268 g/mol. The van der Waals surface area contributed by atoms with Crippen molar-refractivity contribution in [3.63, 3.8) is 0 Å². The topological polar surface area (TPSA) is 84.4 Å². The van der Waals surface area contributed by atoms with E-state index in [1.54, 1.807) is 37.1 Å². The number of nitrogens with zero attached hydrogens (tertiary/aromatic N) is 3. The Morgan fingerprint density at radius 1 is 1.43 bits per heavy atom. The summed E-state index contributed by atoms with van der Waals surface area (Å²) in [5.41, 5.74) is 8.91. The smallest absolute Gasteiger partial charge is 0.278 e. The molecule has 2 rings (SSSR count). The number of aromatic nitrogens is 2. The third-order valence-corrected chi connectivity index (χ3v) is 3.52. The van der Waals surface area contributed by atoms with E-state index in [4.69, 9.17) is 5.73 Å². The van der Waals surface area contributed by atoms with Crippen LogP contribution in [0.5, 0.6) is 5.75 Å². The number of phenolic OH excluding ortho intramolecular Hbond substituents is 1. The second-order valence-electron chi connectivity index (χ2n) is 4.99. The standard InChI is InChI=1S/C15H20N4O2/c1-5-19(12-8-11(20)7-6-9(12)2)15(21)14-13(16)10(3)17-18(14)4/h6-8,20H,5,16H2,1-4H3. The minimum Gasteiger partial charge on any atom is -0.508 e. The molecule has 0 saturated carbocycles. The predicted molar refractivity (Wildman–Crippen MR) is 82.6 cm³/mol. The zero-order valence-electron chi connectivity index (χ0n) is 12.7. The summed E-state index contributed by atoms with van der Waals surface area (Å²) in [7, 11) is 1.69. The summed E-state index contributed by atoms with van der Waals surface area (Å²) < 4.78 is 1.49. The van der Waals surface area contributed by atoms with Gasteiger partial charge in [-0.25, -0.2) is 0 Å². The van der Waals surface area contributed by atoms with Crippen molar-refractivity contribution in [3.8, 4) is 5.75 Å². The molecule has 6 nitrogen and oxygen atoms in total. The van der Waals surface area contributed by atoms with Crippen LogP contribution in [0, 0.1) is 13.8 Å². The number of nitrogen functional groups attached to an aromatic ring is 1. The van der Waals surface area contributed by atoms with Gasteiger partial charge < -0.3 is 15.7 Å². The molecule has 1 amide bonds. The lowest BCUT2D eigenvalue weighted by molar-refractivity contribution is 0.0980. The van der Waals surface area contributed by atoms with Crippen molar-refractivity contribution in [2.45, 2.75) is 20.8 Å². The summed E-state index contributed by atoms with van der Waals surface area (Å²) in [6, 6.07) is 4.95. The fourth-order valence-electron chi connectivity index (χ4n) is 2.37. The number of anilines is 2. The maximum absolute atomic E-state index is 12.8. The number of amides is 1. The van der Waals surface area contributed by atoms with Gasteiger partial charge in [-0.15, -0.1) is 0 Å². The zero-order valence-corrected chi connectivity index (χ0v) is 12.7. The maximum atomic E-state index is 12.8. The van der Waals surface area contributed by atoms with E-state index in [-0.39, 0.29) is 11.7 Å². The number of nitrogens with two attached hydrogens (primary N) is 1. The molecule has 0 aliphatic rings. The van der Waals surface area contributed by atoms with Crippen LogP contribution in [0.2, 0.25) is 0 Å². The molecule has 0 radical (unpaired) electrons. The number of carbonyl (C=O) groups is 1. The Morgan fingerprint density at radius 2 is 2.10 bits per heavy atom. The maximum Gasteiger partial charge on any atom is 0.278 e. The lowest BCUT2D eigenvalue weighted by Crippen LogP contribution is -2.33. The van der Waals surface area contributed by atoms with Crippen LogP contribution in [0.4, 0.5) is 11.4 Å². The summed E-state index contributed by atoms with van der Waals surface area (Å²) in [5.74, 6) is -0.109. The normalized spacial score (nSPS) is 10.7. The highest BCUT2D eigenvalue weighted by atomic mass is 16.3. The minimum atomic E-state index is -0.230. The van der Waals surface area contributed by atoms with Crippen LogP contribution >= 0.6 is 0 Å². The van der Waals surface area contributed by atoms with Gasteiger partial charge in [-0.1, -0.05) is 6.07 Å². The van der Waals surface area contributed by atoms with E-state index in [1.165, 1.54) is 4.68 Å². The first-order chi connectivity index (χ1) is 9.86. The van der Waals surface area contributed by atoms with Gasteiger partial charge in [0.05, 0.1) is 17.1 Å². The highest BCUT2D eigenvalue weighted by molar-refractivity contribution is 6.08. The van der Waals surface area contributed by atoms with Gasteiger partial charge in [-0.3, -0.25) is 9.48 Å². The zero-order chi connectivity index (χ0) is 15.7. The Bertz CT molecular complexity index is 691. The van der Waals surface area contributed by atoms with Crippen molar-refractivity contribution in [2.24, 2.45) is 7.05 Å². The first kappa shape index (κ1) is 14.9. The number of aromatic hydroxyl groups is 1. The van der Waals surface area contributed by atoms with Crippen LogP contribution in [-0.2, 0) is 7.05 Å². The van der Waals surface area contributed by atoms with E-state index in [9.17, 15) is 9.90 Å². The molecule has 21 heavy (non-hydrogen) atoms. The number of phenols is 1. The van der Waals surface area contributed by atoms with E-state index < -0.39 is 0 Å². The Labute approximate surface area is 123 Å². The molecule has 2 aromatic rings. The lowest BCUT2D eigenvalue weighted by atomic mass is 10.1. The van der Waals surface area contributed by atoms with E-state index in [0.717, 1.165) is 5.56 Å². The van der Waals surface area contributed by atoms with Crippen LogP contribution < -0.4 is 10.6 Å². The Kier molecular flexibility index (Phi) is 3.88. The highest BCUT2D eigenvalue weighted by Crippen LogP contribution is 2.27. The van der Waals surface area contributed by atoms with Crippen LogP contribution in [0.1, 0.15) is 28.7 Å². The van der Waals surface area contributed by atoms with E-state index in [0.29, 0.717) is 29.3 Å². The highest BCUT2D eigenvalue weighted by Gasteiger charge is 2.24. The quantitative estimate of drug-likeness (QED) is 0.904. The lowest BCUT2D eigenvalue weighted by Gasteiger charge is -2.23. The molecule has 0 aliphatic carbocycles. The number of hydrogen-bond donors (Lipinski definition) is 2. The van der Waals surface area contributed by atoms with Gasteiger partial charge in [-0.2, -0.15) is 5.10 Å². The van der Waals surface area contributed by atoms with Crippen LogP contribution in [0.15, 0.2) is 18.2 Å². The molecule has 0 aliphatic heterocycles. The van der Waals surface area contributed by atoms with Crippen molar-refractivity contribution in [1.82, 2.24) is 9.78 Å². The first-order valence-electron chi connectivity index (χ1n) is 6.77. The Balaban J connectivity index is 2.51. The number of aryl methyl sites for hydroxylation is 3. The van der Waals surface area contributed by atoms with Crippen molar-refractivity contribution >= 4 is 17.3 Å². The van der Waals surface area contributed by atoms with Crippen LogP contribution in [0.25, 0.3) is 0 Å². The van der Waals surface area contributed by atoms with Gasteiger partial charge in [0.1, 0.15) is 11.4 Å². The molecule has 1 aromatic carbocycles. The molecule has 6 heteroatoms. The molecule has 1 heterocycles. The summed E-state index contributed by atoms with van der Waals surface area (Å²) in [4.78, 5) is 14.4. The average molecular weight is 288 g/mol. The number of hydrogen-bond acceptors (Lipinski definition) is 4. The summed E-state index contributed by atoms with van der Waals surface area (Å²) >= 11 is 0. The third-order valence-electron chi connectivity index (χ3n) is 3.52.